The van der Waals surface area contributed by atoms with E-state index in [4.69, 9.17) is 17.0 Å². The molecular weight excluding hydrogens is 254 g/mol. The molecule has 0 aliphatic carbocycles. The lowest BCUT2D eigenvalue weighted by atomic mass is 10.1. The molecule has 2 nitrogen and oxygen atoms in total. The zero-order valence-electron chi connectivity index (χ0n) is 10.5. The molecule has 0 bridgehead atoms. The number of benzene rings is 2. The Kier molecular flexibility index (Phi) is 3.47. The maximum absolute atomic E-state index is 5.96. The lowest BCUT2D eigenvalue weighted by Crippen LogP contribution is -2.35. The normalized spacial score (nSPS) is 17.3. The van der Waals surface area contributed by atoms with E-state index < -0.39 is 0 Å². The van der Waals surface area contributed by atoms with Crippen LogP contribution in [0.15, 0.2) is 54.6 Å². The van der Waals surface area contributed by atoms with Crippen LogP contribution in [0.5, 0.6) is 5.75 Å². The van der Waals surface area contributed by atoms with Crippen LogP contribution in [-0.2, 0) is 6.42 Å². The molecule has 0 aromatic heterocycles. The minimum atomic E-state index is -0.0369. The van der Waals surface area contributed by atoms with Gasteiger partial charge in [-0.15, -0.1) is 0 Å². The topological polar surface area (TPSA) is 21.3 Å². The molecule has 0 saturated carbocycles. The van der Waals surface area contributed by atoms with Crippen molar-refractivity contribution in [2.24, 2.45) is 0 Å². The van der Waals surface area contributed by atoms with E-state index in [-0.39, 0.29) is 6.10 Å². The monoisotopic (exact) mass is 269 g/mol. The van der Waals surface area contributed by atoms with Crippen LogP contribution < -0.4 is 10.1 Å². The highest BCUT2D eigenvalue weighted by Crippen LogP contribution is 2.30. The van der Waals surface area contributed by atoms with Crippen LogP contribution in [0.3, 0.4) is 0 Å². The second kappa shape index (κ2) is 5.41. The average Bonchev–Trinajstić information content (AvgIpc) is 2.46. The number of ether oxygens (including phenoxy) is 1. The Morgan fingerprint density at radius 2 is 1.74 bits per heavy atom. The van der Waals surface area contributed by atoms with Crippen LogP contribution in [0, 0.1) is 0 Å². The third-order valence-electron chi connectivity index (χ3n) is 3.24. The summed E-state index contributed by atoms with van der Waals surface area (Å²) in [6, 6.07) is 18.3. The number of para-hydroxylation sites is 2. The number of hydrogen-bond donors (Lipinski definition) is 1. The Morgan fingerprint density at radius 3 is 2.58 bits per heavy atom. The molecule has 0 amide bonds. The van der Waals surface area contributed by atoms with Crippen molar-refractivity contribution in [2.75, 3.05) is 5.32 Å². The van der Waals surface area contributed by atoms with Crippen molar-refractivity contribution in [3.63, 3.8) is 0 Å². The van der Waals surface area contributed by atoms with Gasteiger partial charge in [0.2, 0.25) is 0 Å². The molecule has 1 aliphatic rings. The van der Waals surface area contributed by atoms with Gasteiger partial charge >= 0.3 is 0 Å². The molecule has 0 spiro atoms. The summed E-state index contributed by atoms with van der Waals surface area (Å²) < 4.78 is 5.96. The van der Waals surface area contributed by atoms with Gasteiger partial charge in [0.25, 0.3) is 0 Å². The standard InChI is InChI=1S/C16H15NOS/c19-16-15(11-10-12-6-2-1-3-7-12)18-14-9-5-4-8-13(14)17-16/h1-9,15H,10-11H2,(H,17,19). The molecular formula is C16H15NOS. The third-order valence-corrected chi connectivity index (χ3v) is 3.61. The Bertz CT molecular complexity index is 582. The van der Waals surface area contributed by atoms with Gasteiger partial charge in [-0.25, -0.2) is 0 Å². The van der Waals surface area contributed by atoms with E-state index in [2.05, 4.69) is 29.6 Å². The van der Waals surface area contributed by atoms with Gasteiger partial charge in [0, 0.05) is 0 Å². The Balaban J connectivity index is 1.68. The molecule has 1 unspecified atom stereocenters. The molecule has 1 N–H and O–H groups in total. The highest BCUT2D eigenvalue weighted by Gasteiger charge is 2.23. The summed E-state index contributed by atoms with van der Waals surface area (Å²) in [5.74, 6) is 0.883. The van der Waals surface area contributed by atoms with Gasteiger partial charge in [-0.2, -0.15) is 0 Å². The summed E-state index contributed by atoms with van der Waals surface area (Å²) in [4.78, 5) is 0.773. The van der Waals surface area contributed by atoms with E-state index >= 15 is 0 Å². The number of aryl methyl sites for hydroxylation is 1. The second-order valence-corrected chi connectivity index (χ2v) is 5.06. The first kappa shape index (κ1) is 12.2. The number of fused-ring (bicyclic) bond motifs is 1. The molecule has 1 aliphatic heterocycles. The third kappa shape index (κ3) is 2.76. The van der Waals surface area contributed by atoms with E-state index in [0.29, 0.717) is 0 Å². The summed E-state index contributed by atoms with van der Waals surface area (Å²) in [6.07, 6.45) is 1.82. The number of nitrogens with one attached hydrogen (secondary N) is 1. The summed E-state index contributed by atoms with van der Waals surface area (Å²) in [5, 5.41) is 3.25. The molecule has 0 saturated heterocycles. The lowest BCUT2D eigenvalue weighted by molar-refractivity contribution is 0.255. The molecule has 2 aromatic rings. The minimum Gasteiger partial charge on any atom is -0.481 e. The van der Waals surface area contributed by atoms with E-state index in [1.807, 2.05) is 30.3 Å². The summed E-state index contributed by atoms with van der Waals surface area (Å²) in [5.41, 5.74) is 2.27. The first-order chi connectivity index (χ1) is 9.33. The van der Waals surface area contributed by atoms with Crippen LogP contribution in [0.25, 0.3) is 0 Å². The van der Waals surface area contributed by atoms with Crippen LogP contribution in [0.2, 0.25) is 0 Å². The summed E-state index contributed by atoms with van der Waals surface area (Å²) in [6.45, 7) is 0. The van der Waals surface area contributed by atoms with Crippen molar-refractivity contribution in [1.29, 1.82) is 0 Å². The van der Waals surface area contributed by atoms with Crippen LogP contribution >= 0.6 is 12.2 Å². The van der Waals surface area contributed by atoms with Crippen molar-refractivity contribution in [2.45, 2.75) is 18.9 Å². The minimum absolute atomic E-state index is 0.0369. The molecule has 3 rings (SSSR count). The second-order valence-electron chi connectivity index (χ2n) is 4.62. The zero-order chi connectivity index (χ0) is 13.1. The SMILES string of the molecule is S=C1Nc2ccccc2OC1CCc1ccccc1. The largest absolute Gasteiger partial charge is 0.481 e. The predicted molar refractivity (Wildman–Crippen MR) is 81.8 cm³/mol. The molecule has 1 heterocycles. The van der Waals surface area contributed by atoms with Crippen LogP contribution in [0.4, 0.5) is 5.69 Å². The van der Waals surface area contributed by atoms with Gasteiger partial charge < -0.3 is 10.1 Å². The van der Waals surface area contributed by atoms with Gasteiger partial charge in [-0.3, -0.25) is 0 Å². The Labute approximate surface area is 118 Å². The van der Waals surface area contributed by atoms with Crippen molar-refractivity contribution < 1.29 is 4.74 Å². The molecule has 2 aromatic carbocycles. The van der Waals surface area contributed by atoms with Crippen LogP contribution in [-0.4, -0.2) is 11.1 Å². The number of thiocarbonyl (C=S) groups is 1. The van der Waals surface area contributed by atoms with Gasteiger partial charge in [0.05, 0.1) is 5.69 Å². The number of hydrogen-bond acceptors (Lipinski definition) is 2. The smallest absolute Gasteiger partial charge is 0.149 e. The molecule has 96 valence electrons. The fourth-order valence-electron chi connectivity index (χ4n) is 2.23. The van der Waals surface area contributed by atoms with E-state index in [1.54, 1.807) is 0 Å². The van der Waals surface area contributed by atoms with Crippen molar-refractivity contribution in [3.8, 4) is 5.75 Å². The van der Waals surface area contributed by atoms with E-state index in [9.17, 15) is 0 Å². The molecule has 19 heavy (non-hydrogen) atoms. The van der Waals surface area contributed by atoms with E-state index in [1.165, 1.54) is 5.56 Å². The van der Waals surface area contributed by atoms with E-state index in [0.717, 1.165) is 29.3 Å². The fraction of sp³-hybridized carbons (Fsp3) is 0.188. The molecule has 0 fully saturated rings. The molecule has 1 atom stereocenters. The highest BCUT2D eigenvalue weighted by molar-refractivity contribution is 7.80. The van der Waals surface area contributed by atoms with Crippen LogP contribution in [0.1, 0.15) is 12.0 Å². The molecule has 0 radical (unpaired) electrons. The first-order valence-corrected chi connectivity index (χ1v) is 6.84. The maximum Gasteiger partial charge on any atom is 0.149 e. The van der Waals surface area contributed by atoms with Crippen molar-refractivity contribution in [1.82, 2.24) is 0 Å². The predicted octanol–water partition coefficient (Wildman–Crippen LogP) is 3.82. The Morgan fingerprint density at radius 1 is 1.00 bits per heavy atom. The first-order valence-electron chi connectivity index (χ1n) is 6.43. The Hall–Kier alpha value is -1.87. The number of rotatable bonds is 3. The van der Waals surface area contributed by atoms with Gasteiger partial charge in [0.1, 0.15) is 16.8 Å². The molecule has 3 heteroatoms. The summed E-state index contributed by atoms with van der Waals surface area (Å²) >= 11 is 5.38. The van der Waals surface area contributed by atoms with Crippen molar-refractivity contribution >= 4 is 22.9 Å². The average molecular weight is 269 g/mol. The van der Waals surface area contributed by atoms with Gasteiger partial charge in [-0.1, -0.05) is 54.7 Å². The van der Waals surface area contributed by atoms with Gasteiger partial charge in [-0.05, 0) is 30.5 Å². The van der Waals surface area contributed by atoms with Gasteiger partial charge in [0.15, 0.2) is 0 Å². The summed E-state index contributed by atoms with van der Waals surface area (Å²) in [7, 11) is 0. The fourth-order valence-corrected chi connectivity index (χ4v) is 2.50. The number of anilines is 1. The lowest BCUT2D eigenvalue weighted by Gasteiger charge is -2.28. The van der Waals surface area contributed by atoms with Crippen molar-refractivity contribution in [3.05, 3.63) is 60.2 Å². The maximum atomic E-state index is 5.96. The zero-order valence-corrected chi connectivity index (χ0v) is 11.3. The highest BCUT2D eigenvalue weighted by atomic mass is 32.1. The quantitative estimate of drug-likeness (QED) is 0.856.